The highest BCUT2D eigenvalue weighted by molar-refractivity contribution is 9.10. The van der Waals surface area contributed by atoms with Gasteiger partial charge >= 0.3 is 0 Å². The monoisotopic (exact) mass is 310 g/mol. The Kier molecular flexibility index (Phi) is 5.43. The lowest BCUT2D eigenvalue weighted by Crippen LogP contribution is -2.12. The second kappa shape index (κ2) is 7.08. The van der Waals surface area contributed by atoms with Crippen LogP contribution in [0.3, 0.4) is 0 Å². The molecule has 0 amide bonds. The maximum atomic E-state index is 12.0. The lowest BCUT2D eigenvalue weighted by Gasteiger charge is -2.27. The van der Waals surface area contributed by atoms with Crippen molar-refractivity contribution >= 4 is 15.9 Å². The number of hydrogen-bond acceptors (Lipinski definition) is 0. The Morgan fingerprint density at radius 2 is 1.89 bits per heavy atom. The number of halogens is 2. The highest BCUT2D eigenvalue weighted by Gasteiger charge is 2.21. The average Bonchev–Trinajstić information content (AvgIpc) is 2.41. The van der Waals surface area contributed by atoms with E-state index in [4.69, 9.17) is 0 Å². The number of hydrogen-bond donors (Lipinski definition) is 0. The van der Waals surface area contributed by atoms with E-state index in [0.717, 1.165) is 0 Å². The van der Waals surface area contributed by atoms with Crippen molar-refractivity contribution in [1.29, 1.82) is 0 Å². The molecule has 0 heterocycles. The minimum atomic E-state index is -0.233. The molecule has 1 aliphatic carbocycles. The van der Waals surface area contributed by atoms with Crippen molar-refractivity contribution in [2.45, 2.75) is 38.0 Å². The fourth-order valence-corrected chi connectivity index (χ4v) is 3.39. The molecule has 0 aliphatic heterocycles. The van der Waals surface area contributed by atoms with Crippen molar-refractivity contribution in [3.8, 4) is 0 Å². The van der Waals surface area contributed by atoms with Gasteiger partial charge in [-0.05, 0) is 55.6 Å². The third-order valence-corrected chi connectivity index (χ3v) is 4.52. The van der Waals surface area contributed by atoms with Crippen molar-refractivity contribution in [3.05, 3.63) is 46.5 Å². The van der Waals surface area contributed by atoms with Crippen LogP contribution in [0.15, 0.2) is 40.9 Å². The molecule has 0 bridgehead atoms. The van der Waals surface area contributed by atoms with Crippen LogP contribution in [0.5, 0.6) is 0 Å². The van der Waals surface area contributed by atoms with E-state index in [0.29, 0.717) is 18.3 Å². The molecular weight excluding hydrogens is 291 g/mol. The zero-order chi connectivity index (χ0) is 12.8. The Morgan fingerprint density at radius 1 is 1.17 bits per heavy atom. The predicted molar refractivity (Wildman–Crippen MR) is 78.6 cm³/mol. The third-order valence-electron chi connectivity index (χ3n) is 3.80. The highest BCUT2D eigenvalue weighted by atomic mass is 79.9. The van der Waals surface area contributed by atoms with Gasteiger partial charge in [-0.25, -0.2) is 0 Å². The van der Waals surface area contributed by atoms with Gasteiger partial charge in [0.1, 0.15) is 0 Å². The molecule has 2 heteroatoms. The second-order valence-corrected chi connectivity index (χ2v) is 5.89. The molecule has 1 aromatic carbocycles. The van der Waals surface area contributed by atoms with Gasteiger partial charge in [-0.1, -0.05) is 46.3 Å². The van der Waals surface area contributed by atoms with Crippen molar-refractivity contribution in [2.75, 3.05) is 6.67 Å². The largest absolute Gasteiger partial charge is 0.251 e. The highest BCUT2D eigenvalue weighted by Crippen LogP contribution is 2.38. The second-order valence-electron chi connectivity index (χ2n) is 5.04. The van der Waals surface area contributed by atoms with Gasteiger partial charge < -0.3 is 0 Å². The van der Waals surface area contributed by atoms with Crippen LogP contribution in [0.25, 0.3) is 0 Å². The lowest BCUT2D eigenvalue weighted by atomic mass is 9.78. The number of allylic oxidation sites excluding steroid dienone is 2. The summed E-state index contributed by atoms with van der Waals surface area (Å²) >= 11 is 3.64. The van der Waals surface area contributed by atoms with E-state index in [1.165, 1.54) is 35.7 Å². The smallest absolute Gasteiger partial charge is 0.0928 e. The van der Waals surface area contributed by atoms with Crippen LogP contribution in [0.2, 0.25) is 0 Å². The Balaban J connectivity index is 1.89. The molecule has 18 heavy (non-hydrogen) atoms. The zero-order valence-corrected chi connectivity index (χ0v) is 12.2. The standard InChI is InChI=1S/C16H20BrF/c17-16-7-2-1-6-15(16)14-10-8-13(9-11-14)5-3-4-12-18/h1-3,5-7,13-14H,4,8-12H2/b5-3+. The van der Waals surface area contributed by atoms with Gasteiger partial charge in [-0.3, -0.25) is 4.39 Å². The summed E-state index contributed by atoms with van der Waals surface area (Å²) in [5.74, 6) is 1.35. The van der Waals surface area contributed by atoms with Gasteiger partial charge in [-0.15, -0.1) is 0 Å². The summed E-state index contributed by atoms with van der Waals surface area (Å²) in [6.07, 6.45) is 9.74. The molecule has 0 aromatic heterocycles. The summed E-state index contributed by atoms with van der Waals surface area (Å²) < 4.78 is 13.3. The van der Waals surface area contributed by atoms with E-state index in [1.807, 2.05) is 6.08 Å². The van der Waals surface area contributed by atoms with Crippen LogP contribution < -0.4 is 0 Å². The van der Waals surface area contributed by atoms with Crippen molar-refractivity contribution in [3.63, 3.8) is 0 Å². The van der Waals surface area contributed by atoms with Crippen molar-refractivity contribution < 1.29 is 4.39 Å². The maximum absolute atomic E-state index is 12.0. The Morgan fingerprint density at radius 3 is 2.56 bits per heavy atom. The van der Waals surface area contributed by atoms with E-state index in [9.17, 15) is 4.39 Å². The quantitative estimate of drug-likeness (QED) is 0.631. The van der Waals surface area contributed by atoms with Gasteiger partial charge in [0, 0.05) is 4.47 Å². The SMILES string of the molecule is FCC/C=C/C1CCC(c2ccccc2Br)CC1. The van der Waals surface area contributed by atoms with Crippen LogP contribution in [-0.2, 0) is 0 Å². The summed E-state index contributed by atoms with van der Waals surface area (Å²) in [6.45, 7) is -0.233. The summed E-state index contributed by atoms with van der Waals surface area (Å²) in [5.41, 5.74) is 1.45. The fraction of sp³-hybridized carbons (Fsp3) is 0.500. The van der Waals surface area contributed by atoms with Crippen LogP contribution in [0.1, 0.15) is 43.6 Å². The van der Waals surface area contributed by atoms with Crippen LogP contribution in [0.4, 0.5) is 4.39 Å². The summed E-state index contributed by atoms with van der Waals surface area (Å²) in [7, 11) is 0. The van der Waals surface area contributed by atoms with Gasteiger partial charge in [0.25, 0.3) is 0 Å². The predicted octanol–water partition coefficient (Wildman–Crippen LogP) is 5.64. The zero-order valence-electron chi connectivity index (χ0n) is 10.6. The van der Waals surface area contributed by atoms with Gasteiger partial charge in [0.05, 0.1) is 6.67 Å². The van der Waals surface area contributed by atoms with Gasteiger partial charge in [0.2, 0.25) is 0 Å². The topological polar surface area (TPSA) is 0 Å². The molecule has 0 unspecified atom stereocenters. The summed E-state index contributed by atoms with van der Waals surface area (Å²) in [5, 5.41) is 0. The van der Waals surface area contributed by atoms with E-state index < -0.39 is 0 Å². The maximum Gasteiger partial charge on any atom is 0.0928 e. The van der Waals surface area contributed by atoms with E-state index in [-0.39, 0.29) is 6.67 Å². The molecule has 1 aromatic rings. The number of benzene rings is 1. The number of alkyl halides is 1. The molecule has 0 atom stereocenters. The molecule has 0 N–H and O–H groups in total. The molecule has 0 nitrogen and oxygen atoms in total. The fourth-order valence-electron chi connectivity index (χ4n) is 2.78. The summed E-state index contributed by atoms with van der Waals surface area (Å²) in [4.78, 5) is 0. The minimum Gasteiger partial charge on any atom is -0.251 e. The molecule has 98 valence electrons. The van der Waals surface area contributed by atoms with Crippen molar-refractivity contribution in [1.82, 2.24) is 0 Å². The first-order valence-corrected chi connectivity index (χ1v) is 7.57. The van der Waals surface area contributed by atoms with Gasteiger partial charge in [0.15, 0.2) is 0 Å². The average molecular weight is 311 g/mol. The molecular formula is C16H20BrF. The van der Waals surface area contributed by atoms with Crippen molar-refractivity contribution in [2.24, 2.45) is 5.92 Å². The molecule has 1 saturated carbocycles. The molecule has 1 aliphatic rings. The molecule has 0 saturated heterocycles. The first-order chi connectivity index (χ1) is 8.81. The van der Waals surface area contributed by atoms with Gasteiger partial charge in [-0.2, -0.15) is 0 Å². The Bertz CT molecular complexity index is 392. The molecule has 2 rings (SSSR count). The first-order valence-electron chi connectivity index (χ1n) is 6.78. The van der Waals surface area contributed by atoms with E-state index >= 15 is 0 Å². The summed E-state index contributed by atoms with van der Waals surface area (Å²) in [6, 6.07) is 8.54. The minimum absolute atomic E-state index is 0.233. The molecule has 1 fully saturated rings. The van der Waals surface area contributed by atoms with Crippen LogP contribution in [-0.4, -0.2) is 6.67 Å². The molecule has 0 radical (unpaired) electrons. The Hall–Kier alpha value is -0.630. The number of rotatable bonds is 4. The first kappa shape index (κ1) is 13.8. The van der Waals surface area contributed by atoms with E-state index in [2.05, 4.69) is 46.3 Å². The normalized spacial score (nSPS) is 24.6. The molecule has 0 spiro atoms. The lowest BCUT2D eigenvalue weighted by molar-refractivity contribution is 0.374. The van der Waals surface area contributed by atoms with E-state index in [1.54, 1.807) is 0 Å². The van der Waals surface area contributed by atoms with Crippen LogP contribution in [0, 0.1) is 5.92 Å². The third kappa shape index (κ3) is 3.68. The Labute approximate surface area is 117 Å². The van der Waals surface area contributed by atoms with Crippen LogP contribution >= 0.6 is 15.9 Å².